The van der Waals surface area contributed by atoms with E-state index in [0.29, 0.717) is 49.3 Å². The topological polar surface area (TPSA) is 197 Å². The lowest BCUT2D eigenvalue weighted by molar-refractivity contribution is -0.142. The van der Waals surface area contributed by atoms with Crippen LogP contribution in [0.3, 0.4) is 0 Å². The first-order valence-electron chi connectivity index (χ1n) is 12.5. The number of aromatic hydroxyl groups is 1. The monoisotopic (exact) mass is 571 g/mol. The zero-order valence-corrected chi connectivity index (χ0v) is 23.6. The number of carboxylic acid groups (broad SMARTS) is 1. The number of thioether (sulfide) groups is 2. The highest BCUT2D eigenvalue weighted by Gasteiger charge is 2.30. The summed E-state index contributed by atoms with van der Waals surface area (Å²) in [6.07, 6.45) is 5.98. The van der Waals surface area contributed by atoms with Crippen LogP contribution in [-0.4, -0.2) is 88.6 Å². The molecule has 0 aromatic heterocycles. The van der Waals surface area contributed by atoms with Gasteiger partial charge < -0.3 is 37.6 Å². The minimum Gasteiger partial charge on any atom is -0.508 e. The van der Waals surface area contributed by atoms with Gasteiger partial charge in [0.2, 0.25) is 17.7 Å². The second-order valence-corrected chi connectivity index (χ2v) is 10.8. The number of benzene rings is 1. The minimum absolute atomic E-state index is 0.00877. The third-order valence-corrected chi connectivity index (χ3v) is 7.07. The summed E-state index contributed by atoms with van der Waals surface area (Å²) in [6.45, 7) is 0.404. The van der Waals surface area contributed by atoms with E-state index in [2.05, 4.69) is 16.0 Å². The first-order valence-corrected chi connectivity index (χ1v) is 15.3. The molecule has 1 aromatic rings. The summed E-state index contributed by atoms with van der Waals surface area (Å²) in [5.41, 5.74) is 12.1. The number of rotatable bonds is 19. The van der Waals surface area contributed by atoms with Gasteiger partial charge in [0.25, 0.3) is 0 Å². The number of hydrogen-bond donors (Lipinski definition) is 7. The first-order chi connectivity index (χ1) is 18.1. The van der Waals surface area contributed by atoms with E-state index in [0.717, 1.165) is 0 Å². The number of aliphatic carboxylic acids is 1. The molecule has 0 saturated heterocycles. The van der Waals surface area contributed by atoms with Gasteiger partial charge in [-0.1, -0.05) is 12.1 Å². The molecule has 0 bridgehead atoms. The second kappa shape index (κ2) is 18.7. The molecule has 4 atom stereocenters. The van der Waals surface area contributed by atoms with Crippen LogP contribution in [0.4, 0.5) is 0 Å². The van der Waals surface area contributed by atoms with E-state index in [1.807, 2.05) is 12.5 Å². The lowest BCUT2D eigenvalue weighted by Gasteiger charge is -2.25. The molecule has 38 heavy (non-hydrogen) atoms. The van der Waals surface area contributed by atoms with E-state index in [-0.39, 0.29) is 18.6 Å². The molecule has 0 radical (unpaired) electrons. The van der Waals surface area contributed by atoms with E-state index in [9.17, 15) is 29.4 Å². The van der Waals surface area contributed by atoms with Gasteiger partial charge in [-0.05, 0) is 80.4 Å². The number of phenols is 1. The maximum absolute atomic E-state index is 13.2. The maximum Gasteiger partial charge on any atom is 0.326 e. The molecule has 1 rings (SSSR count). The number of carbonyl (C=O) groups is 4. The summed E-state index contributed by atoms with van der Waals surface area (Å²) >= 11 is 3.08. The van der Waals surface area contributed by atoms with Gasteiger partial charge >= 0.3 is 5.97 Å². The van der Waals surface area contributed by atoms with Crippen LogP contribution in [0.2, 0.25) is 0 Å². The van der Waals surface area contributed by atoms with Gasteiger partial charge in [-0.25, -0.2) is 4.79 Å². The largest absolute Gasteiger partial charge is 0.508 e. The van der Waals surface area contributed by atoms with Crippen molar-refractivity contribution >= 4 is 47.2 Å². The van der Waals surface area contributed by atoms with Crippen LogP contribution in [-0.2, 0) is 25.6 Å². The van der Waals surface area contributed by atoms with Gasteiger partial charge in [0.15, 0.2) is 0 Å². The standard InChI is InChI=1S/C25H41N5O6S2/c1-37-13-10-18(27)22(32)28-20(11-14-38-2)24(34)29-19(5-3-4-12-26)23(33)30-21(25(35)36)15-16-6-8-17(31)9-7-16/h6-9,18-21,31H,3-5,10-15,26-27H2,1-2H3,(H,28,32)(H,29,34)(H,30,33)(H,35,36). The van der Waals surface area contributed by atoms with Crippen molar-refractivity contribution < 1.29 is 29.4 Å². The smallest absolute Gasteiger partial charge is 0.326 e. The Balaban J connectivity index is 2.98. The van der Waals surface area contributed by atoms with E-state index < -0.39 is 47.9 Å². The Kier molecular flexibility index (Phi) is 16.5. The van der Waals surface area contributed by atoms with Crippen molar-refractivity contribution in [1.29, 1.82) is 0 Å². The Hall–Kier alpha value is -2.48. The lowest BCUT2D eigenvalue weighted by Crippen LogP contribution is -2.57. The molecule has 13 heteroatoms. The van der Waals surface area contributed by atoms with Crippen molar-refractivity contribution in [1.82, 2.24) is 16.0 Å². The Labute approximate surface area is 232 Å². The zero-order chi connectivity index (χ0) is 28.5. The molecule has 1 aromatic carbocycles. The van der Waals surface area contributed by atoms with Crippen LogP contribution in [0.1, 0.15) is 37.7 Å². The van der Waals surface area contributed by atoms with Crippen LogP contribution in [0.25, 0.3) is 0 Å². The van der Waals surface area contributed by atoms with Crippen LogP contribution < -0.4 is 27.4 Å². The van der Waals surface area contributed by atoms with Crippen LogP contribution in [0.15, 0.2) is 24.3 Å². The second-order valence-electron chi connectivity index (χ2n) is 8.85. The number of carbonyl (C=O) groups excluding carboxylic acids is 3. The molecule has 4 unspecified atom stereocenters. The number of nitrogens with two attached hydrogens (primary N) is 2. The summed E-state index contributed by atoms with van der Waals surface area (Å²) in [6, 6.07) is 2.09. The van der Waals surface area contributed by atoms with Crippen molar-refractivity contribution in [3.8, 4) is 5.75 Å². The summed E-state index contributed by atoms with van der Waals surface area (Å²) < 4.78 is 0. The molecular formula is C25H41N5O6S2. The Bertz CT molecular complexity index is 889. The van der Waals surface area contributed by atoms with Gasteiger partial charge in [0, 0.05) is 6.42 Å². The molecule has 11 nitrogen and oxygen atoms in total. The number of amides is 3. The van der Waals surface area contributed by atoms with Gasteiger partial charge in [0.05, 0.1) is 6.04 Å². The first kappa shape index (κ1) is 33.5. The number of carboxylic acids is 1. The molecule has 0 aliphatic carbocycles. The number of phenolic OH excluding ortho intramolecular Hbond substituents is 1. The molecule has 214 valence electrons. The highest BCUT2D eigenvalue weighted by Crippen LogP contribution is 2.12. The van der Waals surface area contributed by atoms with Gasteiger partial charge in [-0.3, -0.25) is 14.4 Å². The summed E-state index contributed by atoms with van der Waals surface area (Å²) in [4.78, 5) is 50.8. The molecule has 0 saturated carbocycles. The molecule has 0 fully saturated rings. The fourth-order valence-electron chi connectivity index (χ4n) is 3.53. The Morgan fingerprint density at radius 1 is 0.816 bits per heavy atom. The van der Waals surface area contributed by atoms with Crippen molar-refractivity contribution in [2.45, 2.75) is 62.7 Å². The number of nitrogens with one attached hydrogen (secondary N) is 3. The lowest BCUT2D eigenvalue weighted by atomic mass is 10.0. The summed E-state index contributed by atoms with van der Waals surface area (Å²) in [7, 11) is 0. The van der Waals surface area contributed by atoms with E-state index in [1.165, 1.54) is 23.9 Å². The van der Waals surface area contributed by atoms with Crippen molar-refractivity contribution in [2.24, 2.45) is 11.5 Å². The number of unbranched alkanes of at least 4 members (excludes halogenated alkanes) is 1. The highest BCUT2D eigenvalue weighted by molar-refractivity contribution is 7.98. The molecule has 0 aliphatic heterocycles. The fraction of sp³-hybridized carbons (Fsp3) is 0.600. The SMILES string of the molecule is CSCCC(N)C(=O)NC(CCSC)C(=O)NC(CCCCN)C(=O)NC(Cc1ccc(O)cc1)C(=O)O. The van der Waals surface area contributed by atoms with Gasteiger partial charge in [0.1, 0.15) is 23.9 Å². The Morgan fingerprint density at radius 3 is 1.89 bits per heavy atom. The van der Waals surface area contributed by atoms with Gasteiger partial charge in [-0.2, -0.15) is 23.5 Å². The number of hydrogen-bond acceptors (Lipinski definition) is 9. The Morgan fingerprint density at radius 2 is 1.34 bits per heavy atom. The summed E-state index contributed by atoms with van der Waals surface area (Å²) in [5.74, 6) is -1.52. The van der Waals surface area contributed by atoms with E-state index in [4.69, 9.17) is 11.5 Å². The predicted octanol–water partition coefficient (Wildman–Crippen LogP) is 0.436. The van der Waals surface area contributed by atoms with Crippen LogP contribution in [0, 0.1) is 0 Å². The van der Waals surface area contributed by atoms with Crippen LogP contribution >= 0.6 is 23.5 Å². The van der Waals surface area contributed by atoms with Crippen molar-refractivity contribution in [3.63, 3.8) is 0 Å². The quantitative estimate of drug-likeness (QED) is 0.114. The third kappa shape index (κ3) is 12.9. The highest BCUT2D eigenvalue weighted by atomic mass is 32.2. The molecule has 0 heterocycles. The van der Waals surface area contributed by atoms with E-state index in [1.54, 1.807) is 23.9 Å². The molecule has 3 amide bonds. The molecule has 9 N–H and O–H groups in total. The van der Waals surface area contributed by atoms with Gasteiger partial charge in [-0.15, -0.1) is 0 Å². The molecule has 0 spiro atoms. The van der Waals surface area contributed by atoms with E-state index >= 15 is 0 Å². The van der Waals surface area contributed by atoms with Crippen molar-refractivity contribution in [3.05, 3.63) is 29.8 Å². The molecule has 0 aliphatic rings. The fourth-order valence-corrected chi connectivity index (χ4v) is 4.49. The maximum atomic E-state index is 13.2. The minimum atomic E-state index is -1.25. The normalized spacial score (nSPS) is 14.1. The van der Waals surface area contributed by atoms with Crippen LogP contribution in [0.5, 0.6) is 5.75 Å². The molecular weight excluding hydrogens is 530 g/mol. The third-order valence-electron chi connectivity index (χ3n) is 5.78. The average Bonchev–Trinajstić information content (AvgIpc) is 2.89. The van der Waals surface area contributed by atoms with Crippen molar-refractivity contribution in [2.75, 3.05) is 30.6 Å². The zero-order valence-electron chi connectivity index (χ0n) is 22.0. The summed E-state index contributed by atoms with van der Waals surface area (Å²) in [5, 5.41) is 27.1. The predicted molar refractivity (Wildman–Crippen MR) is 152 cm³/mol. The average molecular weight is 572 g/mol.